The number of nitrogens with zero attached hydrogens (tertiary/aromatic N) is 4. The second-order valence-electron chi connectivity index (χ2n) is 6.51. The van der Waals surface area contributed by atoms with Crippen molar-refractivity contribution in [3.8, 4) is 11.3 Å². The van der Waals surface area contributed by atoms with Crippen molar-refractivity contribution in [3.63, 3.8) is 0 Å². The molecule has 0 aliphatic heterocycles. The third kappa shape index (κ3) is 5.00. The van der Waals surface area contributed by atoms with Gasteiger partial charge in [0.1, 0.15) is 5.82 Å². The Kier molecular flexibility index (Phi) is 7.10. The minimum atomic E-state index is -0.464. The molecule has 2 aromatic heterocycles. The molecule has 3 rings (SSSR count). The predicted octanol–water partition coefficient (Wildman–Crippen LogP) is 4.30. The number of hydrogen-bond donors (Lipinski definition) is 1. The number of nitrogens with one attached hydrogen (secondary N) is 1. The topological polar surface area (TPSA) is 104 Å². The molecule has 0 aliphatic rings. The van der Waals surface area contributed by atoms with Crippen LogP contribution < -0.4 is 5.32 Å². The maximum Gasteiger partial charge on any atom is 0.274 e. The van der Waals surface area contributed by atoms with Crippen molar-refractivity contribution in [2.45, 2.75) is 33.6 Å². The molecule has 0 radical (unpaired) electrons. The van der Waals surface area contributed by atoms with Crippen LogP contribution in [-0.4, -0.2) is 39.2 Å². The normalized spacial score (nSPS) is 11.1. The van der Waals surface area contributed by atoms with Gasteiger partial charge in [0.2, 0.25) is 0 Å². The summed E-state index contributed by atoms with van der Waals surface area (Å²) < 4.78 is 13.1. The molecule has 0 spiro atoms. The Bertz CT molecular complexity index is 984. The lowest BCUT2D eigenvalue weighted by Gasteiger charge is -2.19. The summed E-state index contributed by atoms with van der Waals surface area (Å²) in [7, 11) is 0. The van der Waals surface area contributed by atoms with Crippen molar-refractivity contribution in [2.75, 3.05) is 18.5 Å². The van der Waals surface area contributed by atoms with Crippen LogP contribution in [0.2, 0.25) is 0 Å². The van der Waals surface area contributed by atoms with Crippen molar-refractivity contribution in [3.05, 3.63) is 64.5 Å². The van der Waals surface area contributed by atoms with Crippen molar-refractivity contribution in [1.82, 2.24) is 14.8 Å². The SMILES string of the molecule is CCOC(Cn1nc(-c2cccnc2)cc1Nc1cccc([N+](=O)[O-])c1C)OCC. The molecule has 0 bridgehead atoms. The highest BCUT2D eigenvalue weighted by atomic mass is 16.7. The number of pyridine rings is 1. The Hall–Kier alpha value is -3.30. The molecule has 30 heavy (non-hydrogen) atoms. The van der Waals surface area contributed by atoms with Gasteiger partial charge in [0, 0.05) is 49.0 Å². The van der Waals surface area contributed by atoms with Crippen LogP contribution in [0.25, 0.3) is 11.3 Å². The van der Waals surface area contributed by atoms with Gasteiger partial charge < -0.3 is 14.8 Å². The molecular weight excluding hydrogens is 386 g/mol. The fourth-order valence-electron chi connectivity index (χ4n) is 3.07. The van der Waals surface area contributed by atoms with Gasteiger partial charge in [0.05, 0.1) is 22.7 Å². The molecule has 0 unspecified atom stereocenters. The van der Waals surface area contributed by atoms with Gasteiger partial charge in [-0.05, 0) is 39.0 Å². The number of nitro benzene ring substituents is 1. The van der Waals surface area contributed by atoms with Crippen LogP contribution in [0.4, 0.5) is 17.2 Å². The molecule has 1 N–H and O–H groups in total. The molecule has 0 saturated carbocycles. The Balaban J connectivity index is 1.98. The lowest BCUT2D eigenvalue weighted by molar-refractivity contribution is -0.385. The quantitative estimate of drug-likeness (QED) is 0.301. The molecule has 9 heteroatoms. The summed E-state index contributed by atoms with van der Waals surface area (Å²) in [5.74, 6) is 0.668. The largest absolute Gasteiger partial charge is 0.351 e. The molecule has 0 saturated heterocycles. The Morgan fingerprint density at radius 3 is 2.60 bits per heavy atom. The van der Waals surface area contributed by atoms with Crippen LogP contribution in [0.15, 0.2) is 48.8 Å². The number of anilines is 2. The van der Waals surface area contributed by atoms with Gasteiger partial charge in [-0.3, -0.25) is 15.1 Å². The van der Waals surface area contributed by atoms with E-state index >= 15 is 0 Å². The highest BCUT2D eigenvalue weighted by molar-refractivity contribution is 5.69. The van der Waals surface area contributed by atoms with E-state index in [4.69, 9.17) is 9.47 Å². The molecule has 9 nitrogen and oxygen atoms in total. The summed E-state index contributed by atoms with van der Waals surface area (Å²) in [4.78, 5) is 15.1. The molecule has 0 fully saturated rings. The van der Waals surface area contributed by atoms with Gasteiger partial charge >= 0.3 is 0 Å². The van der Waals surface area contributed by atoms with Gasteiger partial charge in [-0.15, -0.1) is 0 Å². The van der Waals surface area contributed by atoms with Gasteiger partial charge in [-0.2, -0.15) is 5.10 Å². The van der Waals surface area contributed by atoms with E-state index in [-0.39, 0.29) is 10.6 Å². The van der Waals surface area contributed by atoms with E-state index in [0.717, 1.165) is 11.3 Å². The van der Waals surface area contributed by atoms with E-state index in [1.807, 2.05) is 32.0 Å². The number of ether oxygens (including phenoxy) is 2. The van der Waals surface area contributed by atoms with Crippen LogP contribution in [-0.2, 0) is 16.0 Å². The fraction of sp³-hybridized carbons (Fsp3) is 0.333. The zero-order valence-electron chi connectivity index (χ0n) is 17.2. The van der Waals surface area contributed by atoms with Crippen LogP contribution in [0.5, 0.6) is 0 Å². The third-order valence-electron chi connectivity index (χ3n) is 4.53. The first kappa shape index (κ1) is 21.4. The number of hydrogen-bond acceptors (Lipinski definition) is 7. The van der Waals surface area contributed by atoms with E-state index in [0.29, 0.717) is 36.8 Å². The lowest BCUT2D eigenvalue weighted by atomic mass is 10.1. The third-order valence-corrected chi connectivity index (χ3v) is 4.53. The van der Waals surface area contributed by atoms with E-state index in [2.05, 4.69) is 15.4 Å². The maximum absolute atomic E-state index is 11.3. The van der Waals surface area contributed by atoms with Crippen molar-refractivity contribution in [1.29, 1.82) is 0 Å². The van der Waals surface area contributed by atoms with Gasteiger partial charge in [0.15, 0.2) is 6.29 Å². The monoisotopic (exact) mass is 411 g/mol. The molecule has 3 aromatic rings. The standard InChI is InChI=1S/C21H25N5O4/c1-4-29-21(30-5-2)14-25-20(12-18(24-25)16-8-7-11-22-13-16)23-17-9-6-10-19(15(17)3)26(27)28/h6-13,21,23H,4-5,14H2,1-3H3. The van der Waals surface area contributed by atoms with E-state index in [9.17, 15) is 10.1 Å². The highest BCUT2D eigenvalue weighted by Crippen LogP contribution is 2.30. The summed E-state index contributed by atoms with van der Waals surface area (Å²) in [5, 5.41) is 19.3. The summed E-state index contributed by atoms with van der Waals surface area (Å²) in [6.07, 6.45) is 2.97. The van der Waals surface area contributed by atoms with Gasteiger partial charge in [0.25, 0.3) is 5.69 Å². The molecule has 2 heterocycles. The van der Waals surface area contributed by atoms with Gasteiger partial charge in [-0.25, -0.2) is 4.68 Å². The minimum Gasteiger partial charge on any atom is -0.351 e. The van der Waals surface area contributed by atoms with Crippen molar-refractivity contribution >= 4 is 17.2 Å². The zero-order valence-corrected chi connectivity index (χ0v) is 17.2. The molecule has 158 valence electrons. The first-order valence-electron chi connectivity index (χ1n) is 9.76. The van der Waals surface area contributed by atoms with Crippen LogP contribution in [0, 0.1) is 17.0 Å². The number of aromatic nitrogens is 3. The average molecular weight is 411 g/mol. The fourth-order valence-corrected chi connectivity index (χ4v) is 3.07. The van der Waals surface area contributed by atoms with E-state index in [1.54, 1.807) is 36.1 Å². The summed E-state index contributed by atoms with van der Waals surface area (Å²) in [6.45, 7) is 6.90. The molecule has 0 aliphatic carbocycles. The Morgan fingerprint density at radius 2 is 1.97 bits per heavy atom. The van der Waals surface area contributed by atoms with Gasteiger partial charge in [-0.1, -0.05) is 6.07 Å². The van der Waals surface area contributed by atoms with Crippen molar-refractivity contribution < 1.29 is 14.4 Å². The van der Waals surface area contributed by atoms with Crippen molar-refractivity contribution in [2.24, 2.45) is 0 Å². The lowest BCUT2D eigenvalue weighted by Crippen LogP contribution is -2.25. The van der Waals surface area contributed by atoms with Crippen LogP contribution in [0.1, 0.15) is 19.4 Å². The smallest absolute Gasteiger partial charge is 0.274 e. The first-order chi connectivity index (χ1) is 14.5. The number of nitro groups is 1. The molecule has 1 aromatic carbocycles. The number of rotatable bonds is 10. The molecule has 0 atom stereocenters. The minimum absolute atomic E-state index is 0.0556. The summed E-state index contributed by atoms with van der Waals surface area (Å²) >= 11 is 0. The average Bonchev–Trinajstić information content (AvgIpc) is 3.13. The Morgan fingerprint density at radius 1 is 1.20 bits per heavy atom. The maximum atomic E-state index is 11.3. The zero-order chi connectivity index (χ0) is 21.5. The second-order valence-corrected chi connectivity index (χ2v) is 6.51. The Labute approximate surface area is 174 Å². The van der Waals surface area contributed by atoms with Crippen LogP contribution in [0.3, 0.4) is 0 Å². The second kappa shape index (κ2) is 9.95. The summed E-state index contributed by atoms with van der Waals surface area (Å²) in [5.41, 5.74) is 2.82. The first-order valence-corrected chi connectivity index (χ1v) is 9.76. The van der Waals surface area contributed by atoms with E-state index in [1.165, 1.54) is 6.07 Å². The number of benzene rings is 1. The van der Waals surface area contributed by atoms with E-state index < -0.39 is 6.29 Å². The highest BCUT2D eigenvalue weighted by Gasteiger charge is 2.18. The predicted molar refractivity (Wildman–Crippen MR) is 114 cm³/mol. The van der Waals surface area contributed by atoms with Crippen LogP contribution >= 0.6 is 0 Å². The molecular formula is C21H25N5O4. The molecule has 0 amide bonds. The summed E-state index contributed by atoms with van der Waals surface area (Å²) in [6, 6.07) is 10.6.